The molecule has 0 spiro atoms. The summed E-state index contributed by atoms with van der Waals surface area (Å²) in [4.78, 5) is 17.7. The van der Waals surface area contributed by atoms with E-state index in [1.54, 1.807) is 15.9 Å². The van der Waals surface area contributed by atoms with Crippen molar-refractivity contribution in [2.24, 2.45) is 0 Å². The van der Waals surface area contributed by atoms with Gasteiger partial charge in [0.15, 0.2) is 6.29 Å². The highest BCUT2D eigenvalue weighted by atomic mass is 32.1. The van der Waals surface area contributed by atoms with Gasteiger partial charge in [-0.15, -0.1) is 11.3 Å². The maximum atomic E-state index is 11.4. The second-order valence-corrected chi connectivity index (χ2v) is 5.92. The summed E-state index contributed by atoms with van der Waals surface area (Å²) in [5.41, 5.74) is 2.65. The van der Waals surface area contributed by atoms with Crippen LogP contribution in [0.4, 0.5) is 0 Å². The number of carbonyl (C=O) groups excluding carboxylic acids is 1. The number of aromatic nitrogens is 3. The van der Waals surface area contributed by atoms with Crippen molar-refractivity contribution in [1.82, 2.24) is 14.6 Å². The van der Waals surface area contributed by atoms with Crippen LogP contribution in [-0.2, 0) is 0 Å². The molecule has 0 aliphatic carbocycles. The van der Waals surface area contributed by atoms with Gasteiger partial charge in [-0.05, 0) is 30.5 Å². The van der Waals surface area contributed by atoms with Crippen LogP contribution in [0.15, 0.2) is 30.7 Å². The molecule has 0 saturated heterocycles. The smallest absolute Gasteiger partial charge is 0.160 e. The first-order valence-corrected chi connectivity index (χ1v) is 7.44. The van der Waals surface area contributed by atoms with Crippen molar-refractivity contribution in [2.45, 2.75) is 26.2 Å². The molecular formula is C15H15N3OS. The summed E-state index contributed by atoms with van der Waals surface area (Å²) in [5.74, 6) is 0.456. The fourth-order valence-corrected chi connectivity index (χ4v) is 3.33. The summed E-state index contributed by atoms with van der Waals surface area (Å²) in [6.07, 6.45) is 5.39. The van der Waals surface area contributed by atoms with E-state index >= 15 is 0 Å². The van der Waals surface area contributed by atoms with E-state index in [-0.39, 0.29) is 0 Å². The quantitative estimate of drug-likeness (QED) is 0.685. The second-order valence-electron chi connectivity index (χ2n) is 4.80. The highest BCUT2D eigenvalue weighted by molar-refractivity contribution is 7.14. The summed E-state index contributed by atoms with van der Waals surface area (Å²) in [5, 5.41) is 4.16. The molecule has 0 amide bonds. The molecule has 5 heteroatoms. The van der Waals surface area contributed by atoms with Gasteiger partial charge in [-0.3, -0.25) is 4.79 Å². The van der Waals surface area contributed by atoms with Crippen molar-refractivity contribution in [3.05, 3.63) is 40.5 Å². The van der Waals surface area contributed by atoms with E-state index < -0.39 is 0 Å². The lowest BCUT2D eigenvalue weighted by Crippen LogP contribution is -1.95. The third-order valence-electron chi connectivity index (χ3n) is 3.57. The molecule has 3 aromatic rings. The molecule has 3 rings (SSSR count). The number of thiophene rings is 1. The predicted octanol–water partition coefficient (Wildman–Crippen LogP) is 3.78. The van der Waals surface area contributed by atoms with E-state index in [0.717, 1.165) is 34.4 Å². The predicted molar refractivity (Wildman–Crippen MR) is 80.4 cm³/mol. The monoisotopic (exact) mass is 285 g/mol. The summed E-state index contributed by atoms with van der Waals surface area (Å²) in [6.45, 7) is 4.33. The van der Waals surface area contributed by atoms with E-state index in [9.17, 15) is 4.79 Å². The van der Waals surface area contributed by atoms with Crippen LogP contribution in [0.1, 0.15) is 40.7 Å². The van der Waals surface area contributed by atoms with Crippen molar-refractivity contribution >= 4 is 23.1 Å². The SMILES string of the molecule is CCC(C)c1cc(-c2ncnn3cccc23)c(C=O)s1. The molecule has 102 valence electrons. The molecular weight excluding hydrogens is 270 g/mol. The first-order chi connectivity index (χ1) is 9.74. The third-order valence-corrected chi connectivity index (χ3v) is 4.87. The van der Waals surface area contributed by atoms with Crippen LogP contribution < -0.4 is 0 Å². The molecule has 3 heterocycles. The number of rotatable bonds is 4. The zero-order valence-corrected chi connectivity index (χ0v) is 12.2. The number of nitrogens with zero attached hydrogens (tertiary/aromatic N) is 3. The summed E-state index contributed by atoms with van der Waals surface area (Å²) in [7, 11) is 0. The highest BCUT2D eigenvalue weighted by Crippen LogP contribution is 2.35. The standard InChI is InChI=1S/C15H15N3OS/c1-3-10(2)13-7-11(14(8-19)20-13)15-12-5-4-6-18(12)17-9-16-15/h4-10H,3H2,1-2H3. The Morgan fingerprint density at radius 3 is 3.10 bits per heavy atom. The van der Waals surface area contributed by atoms with Crippen molar-refractivity contribution in [2.75, 3.05) is 0 Å². The minimum absolute atomic E-state index is 0.456. The van der Waals surface area contributed by atoms with Gasteiger partial charge in [-0.25, -0.2) is 9.50 Å². The Morgan fingerprint density at radius 2 is 2.35 bits per heavy atom. The number of fused-ring (bicyclic) bond motifs is 1. The largest absolute Gasteiger partial charge is 0.297 e. The Bertz CT molecular complexity index is 759. The van der Waals surface area contributed by atoms with Gasteiger partial charge in [-0.2, -0.15) is 5.10 Å². The lowest BCUT2D eigenvalue weighted by atomic mass is 10.1. The van der Waals surface area contributed by atoms with Gasteiger partial charge in [0.1, 0.15) is 6.33 Å². The molecule has 0 aromatic carbocycles. The first kappa shape index (κ1) is 13.0. The van der Waals surface area contributed by atoms with Gasteiger partial charge in [0.25, 0.3) is 0 Å². The van der Waals surface area contributed by atoms with Crippen LogP contribution in [0.5, 0.6) is 0 Å². The van der Waals surface area contributed by atoms with Gasteiger partial charge in [0, 0.05) is 16.6 Å². The molecule has 3 aromatic heterocycles. The van der Waals surface area contributed by atoms with Crippen LogP contribution in [0.2, 0.25) is 0 Å². The highest BCUT2D eigenvalue weighted by Gasteiger charge is 2.17. The van der Waals surface area contributed by atoms with Gasteiger partial charge in [-0.1, -0.05) is 13.8 Å². The Hall–Kier alpha value is -2.01. The summed E-state index contributed by atoms with van der Waals surface area (Å²) < 4.78 is 1.78. The number of aldehydes is 1. The topological polar surface area (TPSA) is 47.3 Å². The molecule has 0 saturated carbocycles. The van der Waals surface area contributed by atoms with Gasteiger partial charge >= 0.3 is 0 Å². The van der Waals surface area contributed by atoms with Gasteiger partial charge in [0.05, 0.1) is 16.1 Å². The van der Waals surface area contributed by atoms with Crippen molar-refractivity contribution in [3.8, 4) is 11.3 Å². The molecule has 1 atom stereocenters. The number of carbonyl (C=O) groups is 1. The fraction of sp³-hybridized carbons (Fsp3) is 0.267. The van der Waals surface area contributed by atoms with Crippen LogP contribution >= 0.6 is 11.3 Å². The molecule has 0 aliphatic heterocycles. The van der Waals surface area contributed by atoms with E-state index in [2.05, 4.69) is 30.0 Å². The molecule has 0 bridgehead atoms. The number of hydrogen-bond donors (Lipinski definition) is 0. The fourth-order valence-electron chi connectivity index (χ4n) is 2.21. The Balaban J connectivity index is 2.20. The van der Waals surface area contributed by atoms with Crippen LogP contribution in [-0.4, -0.2) is 20.9 Å². The Kier molecular flexibility index (Phi) is 3.36. The minimum Gasteiger partial charge on any atom is -0.297 e. The lowest BCUT2D eigenvalue weighted by molar-refractivity contribution is 0.112. The van der Waals surface area contributed by atoms with Crippen molar-refractivity contribution in [3.63, 3.8) is 0 Å². The van der Waals surface area contributed by atoms with Crippen LogP contribution in [0.25, 0.3) is 16.8 Å². The maximum Gasteiger partial charge on any atom is 0.160 e. The average molecular weight is 285 g/mol. The minimum atomic E-state index is 0.456. The molecule has 0 fully saturated rings. The van der Waals surface area contributed by atoms with Gasteiger partial charge in [0.2, 0.25) is 0 Å². The Labute approximate surface area is 121 Å². The van der Waals surface area contributed by atoms with E-state index in [1.807, 2.05) is 18.3 Å². The Morgan fingerprint density at radius 1 is 1.50 bits per heavy atom. The zero-order chi connectivity index (χ0) is 14.1. The number of hydrogen-bond acceptors (Lipinski definition) is 4. The maximum absolute atomic E-state index is 11.4. The first-order valence-electron chi connectivity index (χ1n) is 6.62. The van der Waals surface area contributed by atoms with E-state index in [0.29, 0.717) is 5.92 Å². The summed E-state index contributed by atoms with van der Waals surface area (Å²) >= 11 is 1.56. The normalized spacial score (nSPS) is 12.7. The molecule has 4 nitrogen and oxygen atoms in total. The third kappa shape index (κ3) is 2.04. The van der Waals surface area contributed by atoms with Crippen LogP contribution in [0, 0.1) is 0 Å². The molecule has 0 N–H and O–H groups in total. The zero-order valence-electron chi connectivity index (χ0n) is 11.4. The van der Waals surface area contributed by atoms with E-state index in [1.165, 1.54) is 11.2 Å². The second kappa shape index (κ2) is 5.17. The molecule has 0 aliphatic rings. The average Bonchev–Trinajstić information content (AvgIpc) is 3.12. The molecule has 20 heavy (non-hydrogen) atoms. The summed E-state index contributed by atoms with van der Waals surface area (Å²) in [6, 6.07) is 5.98. The molecule has 0 radical (unpaired) electrons. The van der Waals surface area contributed by atoms with Crippen molar-refractivity contribution < 1.29 is 4.79 Å². The van der Waals surface area contributed by atoms with E-state index in [4.69, 9.17) is 0 Å². The molecule has 1 unspecified atom stereocenters. The van der Waals surface area contributed by atoms with Crippen LogP contribution in [0.3, 0.4) is 0 Å². The van der Waals surface area contributed by atoms with Gasteiger partial charge < -0.3 is 0 Å². The van der Waals surface area contributed by atoms with Crippen molar-refractivity contribution in [1.29, 1.82) is 0 Å². The lowest BCUT2D eigenvalue weighted by Gasteiger charge is -2.03.